The Morgan fingerprint density at radius 3 is 2.14 bits per heavy atom. The lowest BCUT2D eigenvalue weighted by atomic mass is 10.1. The number of carbonyl (C=O) groups is 1. The van der Waals surface area contributed by atoms with Gasteiger partial charge in [0.2, 0.25) is 5.91 Å². The van der Waals surface area contributed by atoms with Crippen LogP contribution in [0.1, 0.15) is 96.8 Å². The number of unbranched alkanes of at least 4 members (excludes halogenated alkanes) is 8. The molecule has 0 saturated carbocycles. The van der Waals surface area contributed by atoms with Gasteiger partial charge in [-0.25, -0.2) is 0 Å². The number of nitrogens with two attached hydrogens (primary N) is 1. The zero-order chi connectivity index (χ0) is 21.4. The van der Waals surface area contributed by atoms with Gasteiger partial charge in [-0.2, -0.15) is 0 Å². The highest BCUT2D eigenvalue weighted by molar-refractivity contribution is 5.75. The SMILES string of the molecule is CCCCCC=CCC=CCCCCCCCC(=O)NCCCN(C)CCCN. The van der Waals surface area contributed by atoms with E-state index in [-0.39, 0.29) is 5.91 Å². The molecule has 0 aromatic heterocycles. The molecule has 0 aliphatic rings. The number of amides is 1. The van der Waals surface area contributed by atoms with Crippen LogP contribution in [0.25, 0.3) is 0 Å². The van der Waals surface area contributed by atoms with E-state index in [0.29, 0.717) is 6.42 Å². The average molecular weight is 408 g/mol. The second-order valence-corrected chi connectivity index (χ2v) is 8.13. The van der Waals surface area contributed by atoms with Crippen LogP contribution in [0.3, 0.4) is 0 Å². The fraction of sp³-hybridized carbons (Fsp3) is 0.800. The van der Waals surface area contributed by atoms with Crippen molar-refractivity contribution in [1.82, 2.24) is 10.2 Å². The van der Waals surface area contributed by atoms with E-state index in [1.54, 1.807) is 0 Å². The lowest BCUT2D eigenvalue weighted by molar-refractivity contribution is -0.121. The molecule has 0 aromatic rings. The molecule has 0 spiro atoms. The van der Waals surface area contributed by atoms with E-state index in [0.717, 1.165) is 51.9 Å². The van der Waals surface area contributed by atoms with Crippen molar-refractivity contribution in [3.63, 3.8) is 0 Å². The summed E-state index contributed by atoms with van der Waals surface area (Å²) in [4.78, 5) is 14.1. The maximum Gasteiger partial charge on any atom is 0.219 e. The van der Waals surface area contributed by atoms with Crippen molar-refractivity contribution in [3.8, 4) is 0 Å². The van der Waals surface area contributed by atoms with Gasteiger partial charge >= 0.3 is 0 Å². The molecule has 0 bridgehead atoms. The summed E-state index contributed by atoms with van der Waals surface area (Å²) in [6, 6.07) is 0. The highest BCUT2D eigenvalue weighted by Gasteiger charge is 2.01. The molecule has 0 rings (SSSR count). The topological polar surface area (TPSA) is 58.4 Å². The van der Waals surface area contributed by atoms with Crippen molar-refractivity contribution in [3.05, 3.63) is 24.3 Å². The standard InChI is InChI=1S/C25H49N3O/c1-3-4-5-6-7-8-9-10-11-12-13-14-15-16-17-20-25(29)27-22-19-24-28(2)23-18-21-26/h7-8,10-11H,3-6,9,12-24,26H2,1-2H3,(H,27,29). The van der Waals surface area contributed by atoms with Crippen LogP contribution in [-0.4, -0.2) is 44.0 Å². The van der Waals surface area contributed by atoms with E-state index in [1.807, 2.05) is 0 Å². The molecule has 29 heavy (non-hydrogen) atoms. The zero-order valence-corrected chi connectivity index (χ0v) is 19.5. The van der Waals surface area contributed by atoms with Gasteiger partial charge in [-0.05, 0) is 78.0 Å². The number of nitrogens with one attached hydrogen (secondary N) is 1. The van der Waals surface area contributed by atoms with E-state index in [2.05, 4.69) is 48.5 Å². The van der Waals surface area contributed by atoms with Crippen LogP contribution in [-0.2, 0) is 4.79 Å². The van der Waals surface area contributed by atoms with Crippen LogP contribution in [0.5, 0.6) is 0 Å². The number of rotatable bonds is 21. The Bertz CT molecular complexity index is 407. The zero-order valence-electron chi connectivity index (χ0n) is 19.5. The monoisotopic (exact) mass is 407 g/mol. The summed E-state index contributed by atoms with van der Waals surface area (Å²) in [5, 5.41) is 3.04. The molecular formula is C25H49N3O. The summed E-state index contributed by atoms with van der Waals surface area (Å²) in [5.74, 6) is 0.209. The summed E-state index contributed by atoms with van der Waals surface area (Å²) in [7, 11) is 2.11. The van der Waals surface area contributed by atoms with Gasteiger partial charge in [-0.15, -0.1) is 0 Å². The van der Waals surface area contributed by atoms with Crippen LogP contribution in [0.4, 0.5) is 0 Å². The minimum atomic E-state index is 0.209. The Balaban J connectivity index is 3.33. The molecule has 4 nitrogen and oxygen atoms in total. The van der Waals surface area contributed by atoms with Gasteiger partial charge < -0.3 is 16.0 Å². The van der Waals surface area contributed by atoms with Crippen LogP contribution in [0, 0.1) is 0 Å². The Hall–Kier alpha value is -1.13. The summed E-state index contributed by atoms with van der Waals surface area (Å²) in [6.45, 7) is 5.83. The van der Waals surface area contributed by atoms with Crippen molar-refractivity contribution in [1.29, 1.82) is 0 Å². The van der Waals surface area contributed by atoms with Crippen molar-refractivity contribution in [2.75, 3.05) is 33.2 Å². The molecule has 0 fully saturated rings. The molecule has 3 N–H and O–H groups in total. The van der Waals surface area contributed by atoms with Crippen molar-refractivity contribution in [2.45, 2.75) is 96.8 Å². The first-order chi connectivity index (χ1) is 14.2. The van der Waals surface area contributed by atoms with E-state index >= 15 is 0 Å². The number of carbonyl (C=O) groups excluding carboxylic acids is 1. The molecule has 0 radical (unpaired) electrons. The van der Waals surface area contributed by atoms with Crippen LogP contribution < -0.4 is 11.1 Å². The summed E-state index contributed by atoms with van der Waals surface area (Å²) >= 11 is 0. The van der Waals surface area contributed by atoms with Crippen molar-refractivity contribution < 1.29 is 4.79 Å². The molecule has 0 aliphatic heterocycles. The fourth-order valence-electron chi connectivity index (χ4n) is 3.24. The van der Waals surface area contributed by atoms with Crippen LogP contribution >= 0.6 is 0 Å². The lowest BCUT2D eigenvalue weighted by Crippen LogP contribution is -2.29. The average Bonchev–Trinajstić information content (AvgIpc) is 2.72. The Morgan fingerprint density at radius 1 is 0.828 bits per heavy atom. The fourth-order valence-corrected chi connectivity index (χ4v) is 3.24. The first-order valence-corrected chi connectivity index (χ1v) is 12.2. The largest absolute Gasteiger partial charge is 0.356 e. The number of hydrogen-bond acceptors (Lipinski definition) is 3. The molecule has 0 atom stereocenters. The Labute approximate surface area is 181 Å². The van der Waals surface area contributed by atoms with Gasteiger partial charge in [-0.3, -0.25) is 4.79 Å². The quantitative estimate of drug-likeness (QED) is 0.193. The predicted octanol–water partition coefficient (Wildman–Crippen LogP) is 5.59. The third kappa shape index (κ3) is 23.0. The number of hydrogen-bond donors (Lipinski definition) is 2. The molecule has 0 saturated heterocycles. The minimum absolute atomic E-state index is 0.209. The maximum absolute atomic E-state index is 11.8. The van der Waals surface area contributed by atoms with E-state index in [4.69, 9.17) is 5.73 Å². The minimum Gasteiger partial charge on any atom is -0.356 e. The normalized spacial score (nSPS) is 11.9. The predicted molar refractivity (Wildman–Crippen MR) is 128 cm³/mol. The lowest BCUT2D eigenvalue weighted by Gasteiger charge is -2.15. The van der Waals surface area contributed by atoms with Gasteiger partial charge in [0, 0.05) is 13.0 Å². The van der Waals surface area contributed by atoms with Gasteiger partial charge in [0.15, 0.2) is 0 Å². The first-order valence-electron chi connectivity index (χ1n) is 12.2. The Morgan fingerprint density at radius 2 is 1.45 bits per heavy atom. The third-order valence-electron chi connectivity index (χ3n) is 5.14. The summed E-state index contributed by atoms with van der Waals surface area (Å²) in [5.41, 5.74) is 5.51. The molecule has 0 heterocycles. The second kappa shape index (κ2) is 23.2. The molecule has 170 valence electrons. The Kier molecular flexibility index (Phi) is 22.2. The number of nitrogens with zero attached hydrogens (tertiary/aromatic N) is 1. The number of allylic oxidation sites excluding steroid dienone is 4. The van der Waals surface area contributed by atoms with Crippen LogP contribution in [0.15, 0.2) is 24.3 Å². The molecule has 0 aliphatic carbocycles. The van der Waals surface area contributed by atoms with E-state index in [1.165, 1.54) is 57.8 Å². The van der Waals surface area contributed by atoms with E-state index < -0.39 is 0 Å². The second-order valence-electron chi connectivity index (χ2n) is 8.13. The maximum atomic E-state index is 11.8. The van der Waals surface area contributed by atoms with Gasteiger partial charge in [0.05, 0.1) is 0 Å². The highest BCUT2D eigenvalue weighted by Crippen LogP contribution is 2.08. The van der Waals surface area contributed by atoms with E-state index in [9.17, 15) is 4.79 Å². The smallest absolute Gasteiger partial charge is 0.219 e. The molecule has 4 heteroatoms. The summed E-state index contributed by atoms with van der Waals surface area (Å²) in [6.07, 6.45) is 25.3. The van der Waals surface area contributed by atoms with Gasteiger partial charge in [0.1, 0.15) is 0 Å². The van der Waals surface area contributed by atoms with Crippen molar-refractivity contribution in [2.24, 2.45) is 5.73 Å². The van der Waals surface area contributed by atoms with Gasteiger partial charge in [-0.1, -0.05) is 63.3 Å². The third-order valence-corrected chi connectivity index (χ3v) is 5.14. The first kappa shape index (κ1) is 27.9. The van der Waals surface area contributed by atoms with Crippen LogP contribution in [0.2, 0.25) is 0 Å². The van der Waals surface area contributed by atoms with Gasteiger partial charge in [0.25, 0.3) is 0 Å². The molecule has 0 unspecified atom stereocenters. The highest BCUT2D eigenvalue weighted by atomic mass is 16.1. The van der Waals surface area contributed by atoms with Crippen molar-refractivity contribution >= 4 is 5.91 Å². The summed E-state index contributed by atoms with van der Waals surface area (Å²) < 4.78 is 0. The molecule has 1 amide bonds. The molecular weight excluding hydrogens is 358 g/mol. The molecule has 0 aromatic carbocycles.